The number of hydrogen-bond acceptors (Lipinski definition) is 5. The van der Waals surface area contributed by atoms with Gasteiger partial charge < -0.3 is 4.74 Å². The van der Waals surface area contributed by atoms with Gasteiger partial charge in [-0.25, -0.2) is 10.2 Å². The van der Waals surface area contributed by atoms with E-state index in [2.05, 4.69) is 25.5 Å². The molecule has 2 aromatic rings. The SMILES string of the molecule is COC(=O)c1ccc(/C=N\NC(=O)c2n[nH]c3c2CCCCCCCCCC3)cc1. The largest absolute Gasteiger partial charge is 0.465 e. The summed E-state index contributed by atoms with van der Waals surface area (Å²) in [4.78, 5) is 24.1. The number of rotatable bonds is 4. The number of ether oxygens (including phenoxy) is 1. The van der Waals surface area contributed by atoms with Crippen molar-refractivity contribution in [3.63, 3.8) is 0 Å². The number of methoxy groups -OCH3 is 1. The van der Waals surface area contributed by atoms with Gasteiger partial charge >= 0.3 is 5.97 Å². The first-order valence-electron chi connectivity index (χ1n) is 10.8. The van der Waals surface area contributed by atoms with Gasteiger partial charge in [0, 0.05) is 11.3 Å². The van der Waals surface area contributed by atoms with Crippen molar-refractivity contribution in [1.29, 1.82) is 0 Å². The van der Waals surface area contributed by atoms with E-state index in [0.717, 1.165) is 42.5 Å². The van der Waals surface area contributed by atoms with Crippen molar-refractivity contribution in [1.82, 2.24) is 15.6 Å². The summed E-state index contributed by atoms with van der Waals surface area (Å²) in [5.74, 6) is -0.693. The Labute approximate surface area is 177 Å². The second-order valence-electron chi connectivity index (χ2n) is 7.67. The molecule has 7 nitrogen and oxygen atoms in total. The first-order chi connectivity index (χ1) is 14.7. The number of hydrazone groups is 1. The number of H-pyrrole nitrogens is 1. The Morgan fingerprint density at radius 2 is 1.63 bits per heavy atom. The number of hydrogen-bond donors (Lipinski definition) is 2. The number of fused-ring (bicyclic) bond motifs is 1. The normalized spacial score (nSPS) is 15.6. The van der Waals surface area contributed by atoms with E-state index in [1.807, 2.05) is 0 Å². The second kappa shape index (κ2) is 11.3. The Morgan fingerprint density at radius 1 is 1.00 bits per heavy atom. The summed E-state index contributed by atoms with van der Waals surface area (Å²) in [5, 5.41) is 11.4. The number of nitrogens with zero attached hydrogens (tertiary/aromatic N) is 2. The number of carbonyl (C=O) groups excluding carboxylic acids is 2. The number of amides is 1. The van der Waals surface area contributed by atoms with Crippen LogP contribution in [0.4, 0.5) is 0 Å². The average molecular weight is 411 g/mol. The lowest BCUT2D eigenvalue weighted by molar-refractivity contribution is 0.0600. The number of aryl methyl sites for hydroxylation is 1. The molecule has 0 unspecified atom stereocenters. The molecule has 0 radical (unpaired) electrons. The predicted octanol–water partition coefficient (Wildman–Crippen LogP) is 4.18. The van der Waals surface area contributed by atoms with Crippen LogP contribution in [0.15, 0.2) is 29.4 Å². The third kappa shape index (κ3) is 6.02. The molecule has 0 saturated heterocycles. The minimum Gasteiger partial charge on any atom is -0.465 e. The maximum absolute atomic E-state index is 12.7. The third-order valence-corrected chi connectivity index (χ3v) is 5.48. The molecule has 1 amide bonds. The molecule has 0 atom stereocenters. The van der Waals surface area contributed by atoms with Crippen LogP contribution in [-0.4, -0.2) is 35.4 Å². The number of aromatic amines is 1. The van der Waals surface area contributed by atoms with E-state index >= 15 is 0 Å². The lowest BCUT2D eigenvalue weighted by Crippen LogP contribution is -2.20. The third-order valence-electron chi connectivity index (χ3n) is 5.48. The summed E-state index contributed by atoms with van der Waals surface area (Å²) < 4.78 is 4.68. The quantitative estimate of drug-likeness (QED) is 0.449. The highest BCUT2D eigenvalue weighted by atomic mass is 16.5. The van der Waals surface area contributed by atoms with Crippen molar-refractivity contribution < 1.29 is 14.3 Å². The van der Waals surface area contributed by atoms with Crippen molar-refractivity contribution in [2.45, 2.75) is 64.2 Å². The fraction of sp³-hybridized carbons (Fsp3) is 0.478. The van der Waals surface area contributed by atoms with E-state index in [-0.39, 0.29) is 11.9 Å². The van der Waals surface area contributed by atoms with Gasteiger partial charge in [-0.3, -0.25) is 9.89 Å². The van der Waals surface area contributed by atoms with Gasteiger partial charge in [-0.2, -0.15) is 10.2 Å². The molecule has 1 aromatic heterocycles. The molecule has 0 bridgehead atoms. The predicted molar refractivity (Wildman–Crippen MR) is 116 cm³/mol. The number of benzene rings is 1. The van der Waals surface area contributed by atoms with E-state index in [1.165, 1.54) is 51.8 Å². The first kappa shape index (κ1) is 21.7. The molecule has 1 heterocycles. The van der Waals surface area contributed by atoms with Gasteiger partial charge in [-0.1, -0.05) is 50.7 Å². The van der Waals surface area contributed by atoms with Crippen LogP contribution in [0, 0.1) is 0 Å². The number of nitrogens with one attached hydrogen (secondary N) is 2. The van der Waals surface area contributed by atoms with E-state index in [9.17, 15) is 9.59 Å². The molecule has 3 rings (SSSR count). The summed E-state index contributed by atoms with van der Waals surface area (Å²) in [6.07, 6.45) is 13.1. The summed E-state index contributed by atoms with van der Waals surface area (Å²) in [5.41, 5.74) is 6.37. The van der Waals surface area contributed by atoms with Crippen LogP contribution in [-0.2, 0) is 17.6 Å². The maximum Gasteiger partial charge on any atom is 0.337 e. The molecule has 1 aromatic carbocycles. The van der Waals surface area contributed by atoms with Crippen LogP contribution < -0.4 is 5.43 Å². The molecule has 30 heavy (non-hydrogen) atoms. The van der Waals surface area contributed by atoms with E-state index in [4.69, 9.17) is 0 Å². The fourth-order valence-electron chi connectivity index (χ4n) is 3.77. The molecule has 2 N–H and O–H groups in total. The molecule has 0 aliphatic heterocycles. The van der Waals surface area contributed by atoms with Gasteiger partial charge in [0.2, 0.25) is 0 Å². The Bertz CT molecular complexity index is 871. The highest BCUT2D eigenvalue weighted by molar-refractivity contribution is 5.95. The van der Waals surface area contributed by atoms with Crippen LogP contribution in [0.3, 0.4) is 0 Å². The van der Waals surface area contributed by atoms with Crippen LogP contribution in [0.2, 0.25) is 0 Å². The van der Waals surface area contributed by atoms with E-state index in [0.29, 0.717) is 11.3 Å². The summed E-state index contributed by atoms with van der Waals surface area (Å²) in [6.45, 7) is 0. The van der Waals surface area contributed by atoms with Crippen LogP contribution in [0.1, 0.15) is 89.0 Å². The molecular weight excluding hydrogens is 380 g/mol. The second-order valence-corrected chi connectivity index (χ2v) is 7.67. The first-order valence-corrected chi connectivity index (χ1v) is 10.8. The van der Waals surface area contributed by atoms with Gasteiger partial charge in [0.25, 0.3) is 5.91 Å². The molecule has 1 aliphatic rings. The smallest absolute Gasteiger partial charge is 0.337 e. The molecule has 0 saturated carbocycles. The Hall–Kier alpha value is -2.96. The zero-order valence-corrected chi connectivity index (χ0v) is 17.6. The van der Waals surface area contributed by atoms with Crippen molar-refractivity contribution >= 4 is 18.1 Å². The highest BCUT2D eigenvalue weighted by Gasteiger charge is 2.19. The van der Waals surface area contributed by atoms with Crippen LogP contribution in [0.5, 0.6) is 0 Å². The number of carbonyl (C=O) groups is 2. The zero-order valence-electron chi connectivity index (χ0n) is 17.6. The van der Waals surface area contributed by atoms with Gasteiger partial charge in [-0.05, 0) is 43.4 Å². The van der Waals surface area contributed by atoms with Gasteiger partial charge in [0.05, 0.1) is 18.9 Å². The van der Waals surface area contributed by atoms with Gasteiger partial charge in [-0.15, -0.1) is 0 Å². The Morgan fingerprint density at radius 3 is 2.30 bits per heavy atom. The minimum atomic E-state index is -0.389. The standard InChI is InChI=1S/C23H30N4O3/c1-30-23(29)18-14-12-17(13-15-18)16-24-27-22(28)21-19-10-8-6-4-2-3-5-7-9-11-20(19)25-26-21/h12-16H,2-11H2,1H3,(H,25,26)(H,27,28)/b24-16-. The van der Waals surface area contributed by atoms with Crippen molar-refractivity contribution in [2.24, 2.45) is 5.10 Å². The molecule has 0 fully saturated rings. The van der Waals surface area contributed by atoms with Crippen LogP contribution >= 0.6 is 0 Å². The number of aromatic nitrogens is 2. The molecule has 1 aliphatic carbocycles. The average Bonchev–Trinajstić information content (AvgIpc) is 3.16. The van der Waals surface area contributed by atoms with Gasteiger partial charge in [0.1, 0.15) is 0 Å². The van der Waals surface area contributed by atoms with Crippen molar-refractivity contribution in [3.8, 4) is 0 Å². The van der Waals surface area contributed by atoms with Gasteiger partial charge in [0.15, 0.2) is 5.69 Å². The van der Waals surface area contributed by atoms with Crippen LogP contribution in [0.25, 0.3) is 0 Å². The Balaban J connectivity index is 1.63. The van der Waals surface area contributed by atoms with E-state index < -0.39 is 0 Å². The lowest BCUT2D eigenvalue weighted by Gasteiger charge is -2.08. The topological polar surface area (TPSA) is 96.4 Å². The molecule has 160 valence electrons. The van der Waals surface area contributed by atoms with Crippen molar-refractivity contribution in [3.05, 3.63) is 52.3 Å². The monoisotopic (exact) mass is 410 g/mol. The maximum atomic E-state index is 12.7. The molecular formula is C23H30N4O3. The molecule has 0 spiro atoms. The zero-order chi connectivity index (χ0) is 21.2. The Kier molecular flexibility index (Phi) is 8.18. The van der Waals surface area contributed by atoms with E-state index in [1.54, 1.807) is 24.3 Å². The summed E-state index contributed by atoms with van der Waals surface area (Å²) >= 11 is 0. The number of esters is 1. The summed E-state index contributed by atoms with van der Waals surface area (Å²) in [6, 6.07) is 6.79. The summed E-state index contributed by atoms with van der Waals surface area (Å²) in [7, 11) is 1.34. The van der Waals surface area contributed by atoms with Crippen molar-refractivity contribution in [2.75, 3.05) is 7.11 Å². The fourth-order valence-corrected chi connectivity index (χ4v) is 3.77. The lowest BCUT2D eigenvalue weighted by atomic mass is 9.98. The minimum absolute atomic E-state index is 0.304. The highest BCUT2D eigenvalue weighted by Crippen LogP contribution is 2.20. The molecule has 7 heteroatoms.